The monoisotopic (exact) mass is 440 g/mol. The number of fused-ring (bicyclic) bond motifs is 1. The van der Waals surface area contributed by atoms with Gasteiger partial charge in [0.05, 0.1) is 5.56 Å². The molecule has 3 rings (SSSR count). The van der Waals surface area contributed by atoms with Gasteiger partial charge in [0.25, 0.3) is 0 Å². The van der Waals surface area contributed by atoms with E-state index in [4.69, 9.17) is 4.42 Å². The number of benzene rings is 2. The summed E-state index contributed by atoms with van der Waals surface area (Å²) >= 11 is 0. The molecule has 0 unspecified atom stereocenters. The first-order chi connectivity index (χ1) is 14.1. The van der Waals surface area contributed by atoms with Crippen LogP contribution < -0.4 is 9.81 Å². The SMILES string of the molecule is CCCCCc1ccc(-c2cc3ccc(OS(=O)(=O)C(F)(F)F)cc3oc2=O)cc1. The minimum absolute atomic E-state index is 0.0881. The molecule has 0 spiro atoms. The lowest BCUT2D eigenvalue weighted by Gasteiger charge is -2.10. The van der Waals surface area contributed by atoms with Crippen LogP contribution in [0.15, 0.2) is 57.7 Å². The number of hydrogen-bond donors (Lipinski definition) is 0. The van der Waals surface area contributed by atoms with E-state index in [0.717, 1.165) is 43.4 Å². The topological polar surface area (TPSA) is 73.6 Å². The number of alkyl halides is 3. The number of aryl methyl sites for hydroxylation is 1. The molecule has 0 saturated carbocycles. The summed E-state index contributed by atoms with van der Waals surface area (Å²) in [7, 11) is -5.81. The third-order valence-electron chi connectivity index (χ3n) is 4.53. The minimum Gasteiger partial charge on any atom is -0.422 e. The Labute approximate surface area is 171 Å². The van der Waals surface area contributed by atoms with Crippen LogP contribution in [-0.2, 0) is 16.5 Å². The molecule has 30 heavy (non-hydrogen) atoms. The van der Waals surface area contributed by atoms with Crippen LogP contribution in [0.1, 0.15) is 31.7 Å². The second kappa shape index (κ2) is 8.51. The Morgan fingerprint density at radius 3 is 2.33 bits per heavy atom. The molecule has 9 heteroatoms. The van der Waals surface area contributed by atoms with Crippen LogP contribution >= 0.6 is 0 Å². The lowest BCUT2D eigenvalue weighted by Crippen LogP contribution is -2.28. The van der Waals surface area contributed by atoms with E-state index in [2.05, 4.69) is 11.1 Å². The van der Waals surface area contributed by atoms with E-state index in [-0.39, 0.29) is 5.58 Å². The van der Waals surface area contributed by atoms with Gasteiger partial charge in [-0.25, -0.2) is 4.79 Å². The van der Waals surface area contributed by atoms with E-state index in [1.807, 2.05) is 24.3 Å². The normalized spacial score (nSPS) is 12.3. The standard InChI is InChI=1S/C21H19F3O5S/c1-2-3-4-5-14-6-8-15(9-7-14)18-12-16-10-11-17(13-19(16)28-20(18)25)29-30(26,27)21(22,23)24/h6-13H,2-5H2,1H3. The lowest BCUT2D eigenvalue weighted by molar-refractivity contribution is -0.0500. The molecular weight excluding hydrogens is 421 g/mol. The molecule has 0 aliphatic heterocycles. The lowest BCUT2D eigenvalue weighted by atomic mass is 10.0. The molecule has 160 valence electrons. The second-order valence-electron chi connectivity index (χ2n) is 6.78. The molecule has 1 aromatic heterocycles. The molecule has 0 saturated heterocycles. The van der Waals surface area contributed by atoms with E-state index in [0.29, 0.717) is 16.5 Å². The quantitative estimate of drug-likeness (QED) is 0.212. The molecule has 5 nitrogen and oxygen atoms in total. The maximum atomic E-state index is 12.5. The summed E-state index contributed by atoms with van der Waals surface area (Å²) < 4.78 is 68.9. The van der Waals surface area contributed by atoms with Crippen LogP contribution in [0, 0.1) is 0 Å². The van der Waals surface area contributed by atoms with Crippen molar-refractivity contribution in [3.63, 3.8) is 0 Å². The van der Waals surface area contributed by atoms with Gasteiger partial charge in [-0.3, -0.25) is 0 Å². The molecule has 0 aliphatic carbocycles. The summed E-state index contributed by atoms with van der Waals surface area (Å²) in [6, 6.07) is 12.4. The number of unbranched alkanes of at least 4 members (excludes halogenated alkanes) is 2. The van der Waals surface area contributed by atoms with Crippen LogP contribution in [-0.4, -0.2) is 13.9 Å². The van der Waals surface area contributed by atoms with Crippen LogP contribution in [0.25, 0.3) is 22.1 Å². The van der Waals surface area contributed by atoms with Crippen LogP contribution in [0.3, 0.4) is 0 Å². The molecule has 0 aliphatic rings. The van der Waals surface area contributed by atoms with Crippen molar-refractivity contribution in [2.45, 2.75) is 38.1 Å². The largest absolute Gasteiger partial charge is 0.534 e. The number of hydrogen-bond acceptors (Lipinski definition) is 5. The van der Waals surface area contributed by atoms with Crippen molar-refractivity contribution in [3.05, 3.63) is 64.5 Å². The highest BCUT2D eigenvalue weighted by Crippen LogP contribution is 2.29. The van der Waals surface area contributed by atoms with Gasteiger partial charge in [0.2, 0.25) is 0 Å². The Bertz CT molecular complexity index is 1200. The van der Waals surface area contributed by atoms with Crippen molar-refractivity contribution in [2.75, 3.05) is 0 Å². The number of halogens is 3. The summed E-state index contributed by atoms with van der Waals surface area (Å²) in [6.45, 7) is 2.13. The molecule has 3 aromatic rings. The van der Waals surface area contributed by atoms with Gasteiger partial charge in [-0.15, -0.1) is 0 Å². The highest BCUT2D eigenvalue weighted by Gasteiger charge is 2.48. The van der Waals surface area contributed by atoms with Crippen molar-refractivity contribution in [1.29, 1.82) is 0 Å². The van der Waals surface area contributed by atoms with Crippen molar-refractivity contribution in [2.24, 2.45) is 0 Å². The van der Waals surface area contributed by atoms with Crippen LogP contribution in [0.5, 0.6) is 5.75 Å². The zero-order valence-electron chi connectivity index (χ0n) is 16.0. The van der Waals surface area contributed by atoms with Gasteiger partial charge in [0.15, 0.2) is 0 Å². The van der Waals surface area contributed by atoms with Gasteiger partial charge < -0.3 is 8.60 Å². The van der Waals surface area contributed by atoms with Gasteiger partial charge in [-0.1, -0.05) is 44.0 Å². The highest BCUT2D eigenvalue weighted by atomic mass is 32.2. The first-order valence-corrected chi connectivity index (χ1v) is 10.7. The van der Waals surface area contributed by atoms with Gasteiger partial charge in [-0.2, -0.15) is 21.6 Å². The van der Waals surface area contributed by atoms with E-state index >= 15 is 0 Å². The van der Waals surface area contributed by atoms with E-state index in [9.17, 15) is 26.4 Å². The Morgan fingerprint density at radius 1 is 1.00 bits per heavy atom. The van der Waals surface area contributed by atoms with E-state index in [1.54, 1.807) is 0 Å². The fraction of sp³-hybridized carbons (Fsp3) is 0.286. The summed E-state index contributed by atoms with van der Waals surface area (Å²) in [5, 5.41) is 0.411. The van der Waals surface area contributed by atoms with Crippen LogP contribution in [0.2, 0.25) is 0 Å². The summed E-state index contributed by atoms with van der Waals surface area (Å²) in [5.74, 6) is -0.604. The van der Waals surface area contributed by atoms with Crippen molar-refractivity contribution in [3.8, 4) is 16.9 Å². The highest BCUT2D eigenvalue weighted by molar-refractivity contribution is 7.88. The molecule has 0 fully saturated rings. The first kappa shape index (κ1) is 21.9. The fourth-order valence-corrected chi connectivity index (χ4v) is 3.40. The molecule has 0 radical (unpaired) electrons. The Balaban J connectivity index is 1.89. The molecule has 0 bridgehead atoms. The van der Waals surface area contributed by atoms with Crippen molar-refractivity contribution < 1.29 is 30.2 Å². The third-order valence-corrected chi connectivity index (χ3v) is 5.51. The molecule has 2 aromatic carbocycles. The van der Waals surface area contributed by atoms with E-state index < -0.39 is 27.0 Å². The maximum Gasteiger partial charge on any atom is 0.534 e. The third kappa shape index (κ3) is 4.84. The average Bonchev–Trinajstić information content (AvgIpc) is 2.67. The van der Waals surface area contributed by atoms with Gasteiger partial charge in [0.1, 0.15) is 11.3 Å². The summed E-state index contributed by atoms with van der Waals surface area (Å²) in [6.07, 6.45) is 4.31. The Morgan fingerprint density at radius 2 is 1.70 bits per heavy atom. The van der Waals surface area contributed by atoms with E-state index in [1.165, 1.54) is 12.1 Å². The maximum absolute atomic E-state index is 12.5. The minimum atomic E-state index is -5.81. The van der Waals surface area contributed by atoms with Gasteiger partial charge in [-0.05, 0) is 42.2 Å². The Kier molecular flexibility index (Phi) is 6.21. The first-order valence-electron chi connectivity index (χ1n) is 9.28. The predicted molar refractivity (Wildman–Crippen MR) is 107 cm³/mol. The summed E-state index contributed by atoms with van der Waals surface area (Å²) in [5.41, 5.74) is -4.25. The molecule has 1 heterocycles. The van der Waals surface area contributed by atoms with Crippen molar-refractivity contribution >= 4 is 21.1 Å². The second-order valence-corrected chi connectivity index (χ2v) is 8.32. The molecular formula is C21H19F3O5S. The van der Waals surface area contributed by atoms with Gasteiger partial charge >= 0.3 is 21.3 Å². The zero-order chi connectivity index (χ0) is 21.9. The molecule has 0 atom stereocenters. The predicted octanol–water partition coefficient (Wildman–Crippen LogP) is 5.42. The zero-order valence-corrected chi connectivity index (χ0v) is 16.8. The van der Waals surface area contributed by atoms with Crippen LogP contribution in [0.4, 0.5) is 13.2 Å². The average molecular weight is 440 g/mol. The summed E-state index contributed by atoms with van der Waals surface area (Å²) in [4.78, 5) is 12.4. The smallest absolute Gasteiger partial charge is 0.422 e. The number of rotatable bonds is 7. The Hall–Kier alpha value is -2.81. The molecule has 0 N–H and O–H groups in total. The molecule has 0 amide bonds. The fourth-order valence-electron chi connectivity index (χ4n) is 2.95. The van der Waals surface area contributed by atoms with Gasteiger partial charge in [0, 0.05) is 11.5 Å². The van der Waals surface area contributed by atoms with Crippen molar-refractivity contribution in [1.82, 2.24) is 0 Å².